The number of hydrogen-bond donors (Lipinski definition) is 1. The summed E-state index contributed by atoms with van der Waals surface area (Å²) < 4.78 is 25.7. The van der Waals surface area contributed by atoms with Crippen LogP contribution in [0.25, 0.3) is 0 Å². The minimum Gasteiger partial charge on any atom is -0.393 e. The van der Waals surface area contributed by atoms with Gasteiger partial charge in [-0.15, -0.1) is 0 Å². The number of thiocarbonyl (C=S) groups is 1. The second kappa shape index (κ2) is 5.48. The SMILES string of the molecule is Cc1ccc(C2C(C(N)=S)C2S(=O)(=O)c2ccccc2)cc1. The van der Waals surface area contributed by atoms with Crippen molar-refractivity contribution in [3.63, 3.8) is 0 Å². The average Bonchev–Trinajstić information content (AvgIpc) is 3.25. The second-order valence-electron chi connectivity index (χ2n) is 5.69. The lowest BCUT2D eigenvalue weighted by Crippen LogP contribution is -2.17. The van der Waals surface area contributed by atoms with Crippen molar-refractivity contribution >= 4 is 27.0 Å². The molecule has 3 rings (SSSR count). The molecule has 0 radical (unpaired) electrons. The molecule has 0 aliphatic heterocycles. The van der Waals surface area contributed by atoms with Crippen LogP contribution in [0.2, 0.25) is 0 Å². The van der Waals surface area contributed by atoms with E-state index in [1.54, 1.807) is 30.3 Å². The predicted octanol–water partition coefficient (Wildman–Crippen LogP) is 2.84. The lowest BCUT2D eigenvalue weighted by atomic mass is 10.1. The molecule has 114 valence electrons. The maximum absolute atomic E-state index is 12.8. The standard InChI is InChI=1S/C17H17NO2S2/c1-11-7-9-12(10-8-11)14-15(17(18)21)16(14)22(19,20)13-5-3-2-4-6-13/h2-10,14-16H,1H3,(H2,18,21). The summed E-state index contributed by atoms with van der Waals surface area (Å²) in [6.45, 7) is 2.00. The van der Waals surface area contributed by atoms with Gasteiger partial charge in [0.25, 0.3) is 0 Å². The van der Waals surface area contributed by atoms with Gasteiger partial charge in [-0.25, -0.2) is 8.42 Å². The van der Waals surface area contributed by atoms with E-state index in [4.69, 9.17) is 18.0 Å². The molecular weight excluding hydrogens is 314 g/mol. The van der Waals surface area contributed by atoms with Crippen molar-refractivity contribution in [2.45, 2.75) is 23.0 Å². The van der Waals surface area contributed by atoms with Crippen LogP contribution in [0.3, 0.4) is 0 Å². The van der Waals surface area contributed by atoms with Gasteiger partial charge in [-0.3, -0.25) is 0 Å². The van der Waals surface area contributed by atoms with Gasteiger partial charge >= 0.3 is 0 Å². The molecule has 22 heavy (non-hydrogen) atoms. The molecule has 0 aromatic heterocycles. The number of hydrogen-bond acceptors (Lipinski definition) is 3. The van der Waals surface area contributed by atoms with E-state index in [1.807, 2.05) is 31.2 Å². The first-order valence-electron chi connectivity index (χ1n) is 7.08. The Kier molecular flexibility index (Phi) is 3.78. The monoisotopic (exact) mass is 331 g/mol. The summed E-state index contributed by atoms with van der Waals surface area (Å²) in [4.78, 5) is 0.603. The number of benzene rings is 2. The highest BCUT2D eigenvalue weighted by atomic mass is 32.2. The Balaban J connectivity index is 1.99. The van der Waals surface area contributed by atoms with Gasteiger partial charge in [0.05, 0.1) is 15.1 Å². The quantitative estimate of drug-likeness (QED) is 0.875. The molecule has 3 atom stereocenters. The maximum Gasteiger partial charge on any atom is 0.182 e. The van der Waals surface area contributed by atoms with E-state index in [9.17, 15) is 8.42 Å². The zero-order valence-corrected chi connectivity index (χ0v) is 13.8. The predicted molar refractivity (Wildman–Crippen MR) is 91.6 cm³/mol. The van der Waals surface area contributed by atoms with Gasteiger partial charge < -0.3 is 5.73 Å². The summed E-state index contributed by atoms with van der Waals surface area (Å²) in [5, 5.41) is -0.560. The molecule has 1 saturated carbocycles. The highest BCUT2D eigenvalue weighted by Gasteiger charge is 2.60. The number of sulfone groups is 1. The largest absolute Gasteiger partial charge is 0.393 e. The molecule has 1 fully saturated rings. The van der Waals surface area contributed by atoms with Crippen LogP contribution in [0.15, 0.2) is 59.5 Å². The zero-order chi connectivity index (χ0) is 15.9. The lowest BCUT2D eigenvalue weighted by molar-refractivity contribution is 0.593. The fourth-order valence-corrected chi connectivity index (χ4v) is 5.51. The molecule has 5 heteroatoms. The van der Waals surface area contributed by atoms with E-state index in [2.05, 4.69) is 0 Å². The first-order valence-corrected chi connectivity index (χ1v) is 9.03. The minimum atomic E-state index is -3.43. The molecule has 1 aliphatic carbocycles. The van der Waals surface area contributed by atoms with E-state index >= 15 is 0 Å². The van der Waals surface area contributed by atoms with E-state index in [0.29, 0.717) is 4.90 Å². The van der Waals surface area contributed by atoms with Crippen LogP contribution in [0.4, 0.5) is 0 Å². The molecule has 0 spiro atoms. The highest BCUT2D eigenvalue weighted by molar-refractivity contribution is 7.92. The van der Waals surface area contributed by atoms with E-state index < -0.39 is 15.1 Å². The minimum absolute atomic E-state index is 0.150. The zero-order valence-electron chi connectivity index (χ0n) is 12.1. The molecule has 0 saturated heterocycles. The lowest BCUT2D eigenvalue weighted by Gasteiger charge is -2.04. The van der Waals surface area contributed by atoms with Crippen LogP contribution >= 0.6 is 12.2 Å². The molecule has 0 amide bonds. The topological polar surface area (TPSA) is 60.2 Å². The molecule has 0 heterocycles. The summed E-state index contributed by atoms with van der Waals surface area (Å²) in [6.07, 6.45) is 0. The number of rotatable bonds is 4. The van der Waals surface area contributed by atoms with Gasteiger partial charge in [0, 0.05) is 11.8 Å². The number of aryl methyl sites for hydroxylation is 1. The summed E-state index contributed by atoms with van der Waals surface area (Å²) in [5.74, 6) is -0.439. The van der Waals surface area contributed by atoms with Crippen LogP contribution in [0.5, 0.6) is 0 Å². The van der Waals surface area contributed by atoms with Crippen molar-refractivity contribution < 1.29 is 8.42 Å². The van der Waals surface area contributed by atoms with Crippen molar-refractivity contribution in [1.29, 1.82) is 0 Å². The summed E-state index contributed by atoms with van der Waals surface area (Å²) >= 11 is 5.09. The van der Waals surface area contributed by atoms with Gasteiger partial charge in [0.2, 0.25) is 0 Å². The maximum atomic E-state index is 12.8. The van der Waals surface area contributed by atoms with Crippen LogP contribution < -0.4 is 5.73 Å². The summed E-state index contributed by atoms with van der Waals surface area (Å²) in [7, 11) is -3.43. The fraction of sp³-hybridized carbons (Fsp3) is 0.235. The average molecular weight is 331 g/mol. The Morgan fingerprint density at radius 2 is 1.64 bits per heavy atom. The smallest absolute Gasteiger partial charge is 0.182 e. The Bertz CT molecular complexity index is 798. The van der Waals surface area contributed by atoms with Crippen molar-refractivity contribution in [2.75, 3.05) is 0 Å². The molecular formula is C17H17NO2S2. The third kappa shape index (κ3) is 2.55. The van der Waals surface area contributed by atoms with Crippen LogP contribution in [-0.4, -0.2) is 18.7 Å². The molecule has 0 bridgehead atoms. The van der Waals surface area contributed by atoms with Crippen molar-refractivity contribution in [3.05, 3.63) is 65.7 Å². The third-order valence-corrected chi connectivity index (χ3v) is 6.68. The van der Waals surface area contributed by atoms with Gasteiger partial charge in [-0.1, -0.05) is 60.2 Å². The number of nitrogens with two attached hydrogens (primary N) is 1. The van der Waals surface area contributed by atoms with E-state index in [0.717, 1.165) is 11.1 Å². The van der Waals surface area contributed by atoms with Crippen LogP contribution in [0, 0.1) is 12.8 Å². The Hall–Kier alpha value is -1.72. The fourth-order valence-electron chi connectivity index (χ4n) is 2.96. The van der Waals surface area contributed by atoms with Crippen LogP contribution in [-0.2, 0) is 9.84 Å². The molecule has 1 aliphatic rings. The van der Waals surface area contributed by atoms with Crippen molar-refractivity contribution in [1.82, 2.24) is 0 Å². The Labute approximate surface area is 136 Å². The summed E-state index contributed by atoms with van der Waals surface area (Å²) in [5.41, 5.74) is 7.90. The molecule has 3 nitrogen and oxygen atoms in total. The first-order chi connectivity index (χ1) is 10.4. The third-order valence-electron chi connectivity index (χ3n) is 4.17. The van der Waals surface area contributed by atoms with E-state index in [-0.39, 0.29) is 16.8 Å². The molecule has 3 unspecified atom stereocenters. The van der Waals surface area contributed by atoms with Gasteiger partial charge in [-0.2, -0.15) is 0 Å². The van der Waals surface area contributed by atoms with Crippen LogP contribution in [0.1, 0.15) is 17.0 Å². The summed E-state index contributed by atoms with van der Waals surface area (Å²) in [6, 6.07) is 16.4. The van der Waals surface area contributed by atoms with Gasteiger partial charge in [0.1, 0.15) is 0 Å². The molecule has 2 N–H and O–H groups in total. The van der Waals surface area contributed by atoms with E-state index in [1.165, 1.54) is 0 Å². The normalized spacial score (nSPS) is 24.0. The van der Waals surface area contributed by atoms with Gasteiger partial charge in [-0.05, 0) is 24.6 Å². The first kappa shape index (κ1) is 15.2. The highest BCUT2D eigenvalue weighted by Crippen LogP contribution is 2.54. The molecule has 2 aromatic rings. The van der Waals surface area contributed by atoms with Crippen molar-refractivity contribution in [2.24, 2.45) is 11.7 Å². The second-order valence-corrected chi connectivity index (χ2v) is 8.26. The molecule has 2 aromatic carbocycles. The van der Waals surface area contributed by atoms with Gasteiger partial charge in [0.15, 0.2) is 9.84 Å². The Morgan fingerprint density at radius 3 is 2.18 bits per heavy atom. The van der Waals surface area contributed by atoms with Crippen molar-refractivity contribution in [3.8, 4) is 0 Å². The Morgan fingerprint density at radius 1 is 1.05 bits per heavy atom.